The minimum atomic E-state index is -4.80. The number of benzene rings is 1. The van der Waals surface area contributed by atoms with Crippen molar-refractivity contribution in [1.82, 2.24) is 9.55 Å². The van der Waals surface area contributed by atoms with E-state index in [9.17, 15) is 32.3 Å². The smallest absolute Gasteiger partial charge is 0.477 e. The van der Waals surface area contributed by atoms with Gasteiger partial charge in [0.05, 0.1) is 23.7 Å². The molecule has 3 N–H and O–H groups in total. The maximum absolute atomic E-state index is 15.2. The van der Waals surface area contributed by atoms with Crippen molar-refractivity contribution in [3.8, 4) is 5.75 Å². The van der Waals surface area contributed by atoms with Crippen LogP contribution in [0.2, 0.25) is 0 Å². The maximum Gasteiger partial charge on any atom is 0.573 e. The molecule has 1 aliphatic carbocycles. The number of oxime groups is 1. The molecular formula is C25H22F5N5O5. The molecule has 40 heavy (non-hydrogen) atoms. The van der Waals surface area contributed by atoms with Gasteiger partial charge in [-0.3, -0.25) is 4.79 Å². The first-order valence-corrected chi connectivity index (χ1v) is 12.1. The van der Waals surface area contributed by atoms with Crippen molar-refractivity contribution in [1.29, 1.82) is 0 Å². The first kappa shape index (κ1) is 27.3. The van der Waals surface area contributed by atoms with Gasteiger partial charge >= 0.3 is 12.3 Å². The SMILES string of the molecule is NCC1CN(c2nc3c(cc2F)c(=O)c(C(=O)O)cn3[C@@H]2C[C@@H]2F)C/C1=N\OCc1ccc(OC(F)(F)F)cc1. The number of anilines is 1. The van der Waals surface area contributed by atoms with Gasteiger partial charge in [-0.2, -0.15) is 0 Å². The summed E-state index contributed by atoms with van der Waals surface area (Å²) < 4.78 is 71.2. The van der Waals surface area contributed by atoms with Crippen LogP contribution in [0, 0.1) is 11.7 Å². The number of aromatic nitrogens is 2. The Morgan fingerprint density at radius 1 is 1.25 bits per heavy atom. The van der Waals surface area contributed by atoms with Crippen molar-refractivity contribution < 1.29 is 41.4 Å². The number of rotatable bonds is 8. The quantitative estimate of drug-likeness (QED) is 0.313. The summed E-state index contributed by atoms with van der Waals surface area (Å²) >= 11 is 0. The fourth-order valence-electron chi connectivity index (χ4n) is 4.52. The Kier molecular flexibility index (Phi) is 7.08. The van der Waals surface area contributed by atoms with Crippen LogP contribution in [0.3, 0.4) is 0 Å². The van der Waals surface area contributed by atoms with E-state index in [0.717, 1.165) is 24.4 Å². The van der Waals surface area contributed by atoms with Gasteiger partial charge in [-0.05, 0) is 23.8 Å². The van der Waals surface area contributed by atoms with Crippen LogP contribution in [0.25, 0.3) is 11.0 Å². The van der Waals surface area contributed by atoms with Crippen molar-refractivity contribution in [2.75, 3.05) is 24.5 Å². The van der Waals surface area contributed by atoms with Gasteiger partial charge in [0, 0.05) is 31.6 Å². The van der Waals surface area contributed by atoms with Gasteiger partial charge in [-0.15, -0.1) is 13.2 Å². The topological polar surface area (TPSA) is 132 Å². The number of pyridine rings is 2. The lowest BCUT2D eigenvalue weighted by Crippen LogP contribution is -2.26. The zero-order chi connectivity index (χ0) is 28.8. The van der Waals surface area contributed by atoms with Crippen LogP contribution in [0.15, 0.2) is 46.5 Å². The summed E-state index contributed by atoms with van der Waals surface area (Å²) in [5.74, 6) is -3.28. The summed E-state index contributed by atoms with van der Waals surface area (Å²) in [6, 6.07) is 5.22. The minimum Gasteiger partial charge on any atom is -0.477 e. The molecule has 3 aromatic rings. The third-order valence-corrected chi connectivity index (χ3v) is 6.63. The van der Waals surface area contributed by atoms with E-state index in [1.165, 1.54) is 21.6 Å². The highest BCUT2D eigenvalue weighted by molar-refractivity contribution is 5.95. The summed E-state index contributed by atoms with van der Waals surface area (Å²) in [4.78, 5) is 35.4. The molecular weight excluding hydrogens is 545 g/mol. The van der Waals surface area contributed by atoms with Crippen LogP contribution in [-0.2, 0) is 11.4 Å². The highest BCUT2D eigenvalue weighted by Gasteiger charge is 2.41. The van der Waals surface area contributed by atoms with Gasteiger partial charge in [0.15, 0.2) is 11.6 Å². The van der Waals surface area contributed by atoms with E-state index < -0.39 is 41.4 Å². The zero-order valence-corrected chi connectivity index (χ0v) is 20.6. The van der Waals surface area contributed by atoms with Gasteiger partial charge in [0.1, 0.15) is 29.7 Å². The molecule has 2 fully saturated rings. The Hall–Kier alpha value is -4.27. The van der Waals surface area contributed by atoms with Crippen molar-refractivity contribution in [2.24, 2.45) is 16.8 Å². The second-order valence-electron chi connectivity index (χ2n) is 9.43. The Balaban J connectivity index is 1.37. The molecule has 2 aromatic heterocycles. The van der Waals surface area contributed by atoms with Gasteiger partial charge in [-0.25, -0.2) is 18.6 Å². The monoisotopic (exact) mass is 567 g/mol. The molecule has 1 saturated carbocycles. The predicted octanol–water partition coefficient (Wildman–Crippen LogP) is 3.38. The van der Waals surface area contributed by atoms with E-state index in [0.29, 0.717) is 11.3 Å². The average molecular weight is 567 g/mol. The number of hydrogen-bond donors (Lipinski definition) is 2. The lowest BCUT2D eigenvalue weighted by atomic mass is 10.1. The molecule has 2 aliphatic rings. The first-order valence-electron chi connectivity index (χ1n) is 12.1. The van der Waals surface area contributed by atoms with Crippen molar-refractivity contribution in [2.45, 2.75) is 31.6 Å². The molecule has 1 saturated heterocycles. The molecule has 0 spiro atoms. The number of nitrogens with zero attached hydrogens (tertiary/aromatic N) is 4. The number of hydrogen-bond acceptors (Lipinski definition) is 8. The van der Waals surface area contributed by atoms with Crippen molar-refractivity contribution in [3.63, 3.8) is 0 Å². The molecule has 212 valence electrons. The average Bonchev–Trinajstić information content (AvgIpc) is 3.47. The molecule has 0 amide bonds. The van der Waals surface area contributed by atoms with Crippen LogP contribution in [0.5, 0.6) is 5.75 Å². The standard InChI is InChI=1S/C25H22F5N5O5/c26-17-6-20(17)35-9-16(24(37)38)21(36)15-5-18(27)23(32-22(15)35)34-8-13(7-31)19(10-34)33-39-11-12-1-3-14(4-2-12)40-25(28,29)30/h1-5,9,13,17,20H,6-8,10-11,31H2,(H,37,38)/b33-19+/t13?,17-,20+/m0/s1. The van der Waals surface area contributed by atoms with Gasteiger partial charge in [0.2, 0.25) is 5.43 Å². The van der Waals surface area contributed by atoms with Gasteiger partial charge < -0.3 is 29.9 Å². The van der Waals surface area contributed by atoms with E-state index in [1.54, 1.807) is 0 Å². The third-order valence-electron chi connectivity index (χ3n) is 6.63. The van der Waals surface area contributed by atoms with E-state index in [1.807, 2.05) is 0 Å². The Morgan fingerprint density at radius 3 is 2.55 bits per heavy atom. The number of carboxylic acid groups (broad SMARTS) is 1. The number of fused-ring (bicyclic) bond motifs is 1. The van der Waals surface area contributed by atoms with Crippen LogP contribution >= 0.6 is 0 Å². The fraction of sp³-hybridized carbons (Fsp3) is 0.360. The summed E-state index contributed by atoms with van der Waals surface area (Å²) in [5.41, 5.74) is 5.27. The lowest BCUT2D eigenvalue weighted by molar-refractivity contribution is -0.274. The molecule has 1 aromatic carbocycles. The molecule has 1 aliphatic heterocycles. The Bertz CT molecular complexity index is 1540. The van der Waals surface area contributed by atoms with Crippen LogP contribution in [0.1, 0.15) is 28.4 Å². The molecule has 0 bridgehead atoms. The second-order valence-corrected chi connectivity index (χ2v) is 9.43. The molecule has 3 atom stereocenters. The second kappa shape index (κ2) is 10.4. The predicted molar refractivity (Wildman–Crippen MR) is 132 cm³/mol. The van der Waals surface area contributed by atoms with Crippen LogP contribution in [0.4, 0.5) is 27.8 Å². The van der Waals surface area contributed by atoms with Gasteiger partial charge in [0.25, 0.3) is 0 Å². The number of carbonyl (C=O) groups is 1. The van der Waals surface area contributed by atoms with Crippen LogP contribution < -0.4 is 20.8 Å². The number of alkyl halides is 4. The van der Waals surface area contributed by atoms with E-state index >= 15 is 4.39 Å². The summed E-state index contributed by atoms with van der Waals surface area (Å²) in [5, 5.41) is 13.2. The highest BCUT2D eigenvalue weighted by Crippen LogP contribution is 2.40. The highest BCUT2D eigenvalue weighted by atomic mass is 19.4. The molecule has 10 nitrogen and oxygen atoms in total. The van der Waals surface area contributed by atoms with Crippen molar-refractivity contribution >= 4 is 28.5 Å². The third kappa shape index (κ3) is 5.54. The van der Waals surface area contributed by atoms with Gasteiger partial charge in [-0.1, -0.05) is 17.3 Å². The van der Waals surface area contributed by atoms with Crippen LogP contribution in [-0.4, -0.2) is 58.5 Å². The minimum absolute atomic E-state index is 0.0413. The maximum atomic E-state index is 15.2. The lowest BCUT2D eigenvalue weighted by Gasteiger charge is -2.19. The van der Waals surface area contributed by atoms with E-state index in [2.05, 4.69) is 14.9 Å². The summed E-state index contributed by atoms with van der Waals surface area (Å²) in [7, 11) is 0. The number of halogens is 5. The normalized spacial score (nSPS) is 21.7. The zero-order valence-electron chi connectivity index (χ0n) is 20.6. The molecule has 15 heteroatoms. The van der Waals surface area contributed by atoms with Crippen molar-refractivity contribution in [3.05, 3.63) is 63.7 Å². The molecule has 5 rings (SSSR count). The number of aromatic carboxylic acids is 1. The summed E-state index contributed by atoms with van der Waals surface area (Å²) in [6.07, 6.45) is -4.92. The Morgan fingerprint density at radius 2 is 1.95 bits per heavy atom. The van der Waals surface area contributed by atoms with E-state index in [-0.39, 0.29) is 61.2 Å². The Labute approximate surface area is 222 Å². The fourth-order valence-corrected chi connectivity index (χ4v) is 4.52. The van der Waals surface area contributed by atoms with E-state index in [4.69, 9.17) is 10.6 Å². The number of carboxylic acids is 1. The first-order chi connectivity index (χ1) is 18.9. The number of nitrogens with two attached hydrogens (primary N) is 1. The summed E-state index contributed by atoms with van der Waals surface area (Å²) in [6.45, 7) is 0.321. The molecule has 1 unspecified atom stereocenters. The molecule has 3 heterocycles. The number of ether oxygens (including phenoxy) is 1. The largest absolute Gasteiger partial charge is 0.573 e. The molecule has 0 radical (unpaired) electrons.